The fourth-order valence-corrected chi connectivity index (χ4v) is 3.38. The minimum absolute atomic E-state index is 0.183. The number of amides is 2. The SMILES string of the molecule is COC(=O)CN1C(=O)S/C(=C\c2ccc(-c3cc(Cl)ccc3C)o2)C1=O. The summed E-state index contributed by atoms with van der Waals surface area (Å²) in [6, 6.07) is 8.94. The maximum Gasteiger partial charge on any atom is 0.325 e. The summed E-state index contributed by atoms with van der Waals surface area (Å²) in [5, 5.41) is 0.0663. The van der Waals surface area contributed by atoms with E-state index in [1.165, 1.54) is 13.2 Å². The number of thioether (sulfide) groups is 1. The number of furan rings is 1. The number of ether oxygens (including phenoxy) is 1. The molecule has 3 rings (SSSR count). The Labute approximate surface area is 158 Å². The van der Waals surface area contributed by atoms with Crippen LogP contribution in [0.2, 0.25) is 5.02 Å². The number of carbonyl (C=O) groups is 3. The van der Waals surface area contributed by atoms with Gasteiger partial charge in [-0.2, -0.15) is 0 Å². The molecule has 1 fully saturated rings. The van der Waals surface area contributed by atoms with E-state index in [-0.39, 0.29) is 4.91 Å². The number of hydrogen-bond acceptors (Lipinski definition) is 6. The average Bonchev–Trinajstić information content (AvgIpc) is 3.17. The lowest BCUT2D eigenvalue weighted by atomic mass is 10.1. The molecule has 0 saturated carbocycles. The van der Waals surface area contributed by atoms with Gasteiger partial charge in [0.25, 0.3) is 11.1 Å². The molecule has 0 aliphatic carbocycles. The fourth-order valence-electron chi connectivity index (χ4n) is 2.39. The van der Waals surface area contributed by atoms with Crippen LogP contribution in [0.25, 0.3) is 17.4 Å². The maximum absolute atomic E-state index is 12.3. The maximum atomic E-state index is 12.3. The highest BCUT2D eigenvalue weighted by Gasteiger charge is 2.36. The van der Waals surface area contributed by atoms with Gasteiger partial charge in [-0.15, -0.1) is 0 Å². The lowest BCUT2D eigenvalue weighted by molar-refractivity contribution is -0.143. The number of esters is 1. The average molecular weight is 392 g/mol. The van der Waals surface area contributed by atoms with E-state index in [0.717, 1.165) is 27.8 Å². The first-order valence-corrected chi connectivity index (χ1v) is 8.77. The summed E-state index contributed by atoms with van der Waals surface area (Å²) in [5.74, 6) is -0.194. The van der Waals surface area contributed by atoms with E-state index in [0.29, 0.717) is 16.5 Å². The van der Waals surface area contributed by atoms with Crippen molar-refractivity contribution in [1.29, 1.82) is 0 Å². The zero-order chi connectivity index (χ0) is 18.8. The quantitative estimate of drug-likeness (QED) is 0.576. The number of methoxy groups -OCH3 is 1. The van der Waals surface area contributed by atoms with Crippen LogP contribution in [-0.4, -0.2) is 35.7 Å². The number of benzene rings is 1. The molecule has 1 aromatic heterocycles. The monoisotopic (exact) mass is 391 g/mol. The van der Waals surface area contributed by atoms with Gasteiger partial charge in [0.05, 0.1) is 12.0 Å². The van der Waals surface area contributed by atoms with E-state index in [4.69, 9.17) is 16.0 Å². The van der Waals surface area contributed by atoms with Crippen LogP contribution in [0, 0.1) is 6.92 Å². The van der Waals surface area contributed by atoms with Crippen LogP contribution >= 0.6 is 23.4 Å². The molecule has 0 atom stereocenters. The number of halogens is 1. The minimum Gasteiger partial charge on any atom is -0.468 e. The molecule has 0 bridgehead atoms. The van der Waals surface area contributed by atoms with E-state index in [1.807, 2.05) is 13.0 Å². The number of rotatable bonds is 4. The Morgan fingerprint density at radius 1 is 1.31 bits per heavy atom. The summed E-state index contributed by atoms with van der Waals surface area (Å²) in [7, 11) is 1.19. The molecule has 134 valence electrons. The second-order valence-corrected chi connectivity index (χ2v) is 6.93. The van der Waals surface area contributed by atoms with Crippen LogP contribution in [0.1, 0.15) is 11.3 Å². The molecule has 1 aromatic carbocycles. The van der Waals surface area contributed by atoms with Gasteiger partial charge < -0.3 is 9.15 Å². The number of carbonyl (C=O) groups excluding carboxylic acids is 3. The molecule has 2 aromatic rings. The molecule has 1 saturated heterocycles. The van der Waals surface area contributed by atoms with Crippen molar-refractivity contribution in [2.45, 2.75) is 6.92 Å². The fraction of sp³-hybridized carbons (Fsp3) is 0.167. The Kier molecular flexibility index (Phi) is 5.20. The van der Waals surface area contributed by atoms with Crippen molar-refractivity contribution < 1.29 is 23.5 Å². The van der Waals surface area contributed by atoms with Crippen LogP contribution in [0.3, 0.4) is 0 Å². The third-order valence-corrected chi connectivity index (χ3v) is 4.90. The predicted octanol–water partition coefficient (Wildman–Crippen LogP) is 4.12. The molecule has 1 aliphatic heterocycles. The second kappa shape index (κ2) is 7.39. The summed E-state index contributed by atoms with van der Waals surface area (Å²) in [5.41, 5.74) is 1.84. The first kappa shape index (κ1) is 18.3. The summed E-state index contributed by atoms with van der Waals surface area (Å²) >= 11 is 6.78. The Morgan fingerprint density at radius 2 is 2.08 bits per heavy atom. The van der Waals surface area contributed by atoms with Gasteiger partial charge in [0, 0.05) is 16.7 Å². The zero-order valence-electron chi connectivity index (χ0n) is 13.9. The molecule has 0 spiro atoms. The van der Waals surface area contributed by atoms with E-state index in [2.05, 4.69) is 4.74 Å². The highest BCUT2D eigenvalue weighted by atomic mass is 35.5. The van der Waals surface area contributed by atoms with Crippen LogP contribution in [0.4, 0.5) is 4.79 Å². The van der Waals surface area contributed by atoms with Crippen molar-refractivity contribution in [2.75, 3.05) is 13.7 Å². The van der Waals surface area contributed by atoms with Crippen molar-refractivity contribution in [3.8, 4) is 11.3 Å². The first-order valence-electron chi connectivity index (χ1n) is 7.57. The van der Waals surface area contributed by atoms with Crippen molar-refractivity contribution in [3.05, 3.63) is 51.6 Å². The Bertz CT molecular complexity index is 933. The first-order chi connectivity index (χ1) is 12.4. The Morgan fingerprint density at radius 3 is 2.81 bits per heavy atom. The van der Waals surface area contributed by atoms with Gasteiger partial charge >= 0.3 is 5.97 Å². The smallest absolute Gasteiger partial charge is 0.325 e. The molecule has 1 aliphatic rings. The van der Waals surface area contributed by atoms with Crippen molar-refractivity contribution >= 4 is 46.6 Å². The molecule has 8 heteroatoms. The van der Waals surface area contributed by atoms with E-state index < -0.39 is 23.7 Å². The van der Waals surface area contributed by atoms with Crippen LogP contribution in [0.5, 0.6) is 0 Å². The van der Waals surface area contributed by atoms with Gasteiger partial charge in [-0.05, 0) is 48.5 Å². The van der Waals surface area contributed by atoms with Crippen molar-refractivity contribution in [3.63, 3.8) is 0 Å². The van der Waals surface area contributed by atoms with E-state index in [9.17, 15) is 14.4 Å². The number of nitrogens with zero attached hydrogens (tertiary/aromatic N) is 1. The number of imide groups is 1. The third kappa shape index (κ3) is 3.68. The highest BCUT2D eigenvalue weighted by Crippen LogP contribution is 2.34. The molecule has 0 N–H and O–H groups in total. The molecule has 0 radical (unpaired) electrons. The largest absolute Gasteiger partial charge is 0.468 e. The van der Waals surface area contributed by atoms with Crippen LogP contribution in [0.15, 0.2) is 39.7 Å². The molecule has 2 amide bonds. The predicted molar refractivity (Wildman–Crippen MR) is 98.6 cm³/mol. The van der Waals surface area contributed by atoms with Crippen molar-refractivity contribution in [1.82, 2.24) is 4.90 Å². The number of hydrogen-bond donors (Lipinski definition) is 0. The highest BCUT2D eigenvalue weighted by molar-refractivity contribution is 8.18. The van der Waals surface area contributed by atoms with Gasteiger partial charge in [0.15, 0.2) is 0 Å². The molecule has 6 nitrogen and oxygen atoms in total. The summed E-state index contributed by atoms with van der Waals surface area (Å²) < 4.78 is 10.3. The standard InChI is InChI=1S/C18H14ClNO5S/c1-10-3-4-11(19)7-13(10)14-6-5-12(25-14)8-15-17(22)20(18(23)26-15)9-16(21)24-2/h3-8H,9H2,1-2H3/b15-8-. The topological polar surface area (TPSA) is 76.8 Å². The van der Waals surface area contributed by atoms with Crippen molar-refractivity contribution in [2.24, 2.45) is 0 Å². The van der Waals surface area contributed by atoms with Gasteiger partial charge in [0.1, 0.15) is 18.1 Å². The zero-order valence-corrected chi connectivity index (χ0v) is 15.5. The second-order valence-electron chi connectivity index (χ2n) is 5.51. The van der Waals surface area contributed by atoms with Gasteiger partial charge in [-0.25, -0.2) is 0 Å². The molecular formula is C18H14ClNO5S. The summed E-state index contributed by atoms with van der Waals surface area (Å²) in [4.78, 5) is 36.6. The lowest BCUT2D eigenvalue weighted by Crippen LogP contribution is -2.34. The third-order valence-electron chi connectivity index (χ3n) is 3.75. The molecular weight excluding hydrogens is 378 g/mol. The summed E-state index contributed by atoms with van der Waals surface area (Å²) in [6.07, 6.45) is 1.48. The summed E-state index contributed by atoms with van der Waals surface area (Å²) in [6.45, 7) is 1.52. The van der Waals surface area contributed by atoms with Gasteiger partial charge in [-0.3, -0.25) is 19.3 Å². The lowest BCUT2D eigenvalue weighted by Gasteiger charge is -2.09. The van der Waals surface area contributed by atoms with E-state index in [1.54, 1.807) is 24.3 Å². The Hall–Kier alpha value is -2.51. The van der Waals surface area contributed by atoms with Crippen LogP contribution < -0.4 is 0 Å². The van der Waals surface area contributed by atoms with Gasteiger partial charge in [-0.1, -0.05) is 17.7 Å². The van der Waals surface area contributed by atoms with Crippen LogP contribution in [-0.2, 0) is 14.3 Å². The number of aryl methyl sites for hydroxylation is 1. The van der Waals surface area contributed by atoms with E-state index >= 15 is 0 Å². The minimum atomic E-state index is -0.662. The normalized spacial score (nSPS) is 15.8. The molecule has 26 heavy (non-hydrogen) atoms. The van der Waals surface area contributed by atoms with Gasteiger partial charge in [0.2, 0.25) is 0 Å². The Balaban J connectivity index is 1.84. The molecule has 2 heterocycles. The molecule has 0 unspecified atom stereocenters.